The molecule has 2 rings (SSSR count). The number of carbonyl (C=O) groups excluding carboxylic acids is 1. The van der Waals surface area contributed by atoms with E-state index in [-0.39, 0.29) is 5.56 Å². The minimum Gasteiger partial charge on any atom is -0.508 e. The predicted molar refractivity (Wildman–Crippen MR) is 75.7 cm³/mol. The van der Waals surface area contributed by atoms with Gasteiger partial charge in [0.1, 0.15) is 5.75 Å². The molecule has 0 bridgehead atoms. The molecule has 1 aromatic carbocycles. The number of alkyl halides is 3. The second-order valence-corrected chi connectivity index (χ2v) is 5.70. The Morgan fingerprint density at radius 1 is 1.23 bits per heavy atom. The van der Waals surface area contributed by atoms with Gasteiger partial charge in [0, 0.05) is 31.7 Å². The molecule has 1 saturated carbocycles. The molecule has 22 heavy (non-hydrogen) atoms. The number of phenolic OH excluding ortho intramolecular Hbond substituents is 1. The quantitative estimate of drug-likeness (QED) is 0.908. The van der Waals surface area contributed by atoms with E-state index >= 15 is 0 Å². The predicted octanol–water partition coefficient (Wildman–Crippen LogP) is 2.58. The Bertz CT molecular complexity index is 556. The molecule has 0 saturated heterocycles. The Hall–Kier alpha value is -1.76. The number of likely N-dealkylation sites (N-methyl/N-ethyl adjacent to an activating group) is 2. The first-order valence-electron chi connectivity index (χ1n) is 7.05. The standard InChI is InChI=1S/C15H19F3N2O2/c1-19(12-3-4-12)5-6-20(2)14(22)10-7-11(15(16,17)18)9-13(21)8-10/h7-9,12,21H,3-6H2,1-2H3. The number of phenols is 1. The van der Waals surface area contributed by atoms with Crippen molar-refractivity contribution in [1.82, 2.24) is 9.80 Å². The Morgan fingerprint density at radius 3 is 2.41 bits per heavy atom. The van der Waals surface area contributed by atoms with Crippen molar-refractivity contribution in [3.05, 3.63) is 29.3 Å². The van der Waals surface area contributed by atoms with Crippen molar-refractivity contribution in [3.63, 3.8) is 0 Å². The normalized spacial score (nSPS) is 15.2. The van der Waals surface area contributed by atoms with Crippen LogP contribution in [0.15, 0.2) is 18.2 Å². The van der Waals surface area contributed by atoms with Gasteiger partial charge >= 0.3 is 6.18 Å². The lowest BCUT2D eigenvalue weighted by molar-refractivity contribution is -0.137. The van der Waals surface area contributed by atoms with E-state index in [1.807, 2.05) is 7.05 Å². The fourth-order valence-electron chi connectivity index (χ4n) is 2.23. The Morgan fingerprint density at radius 2 is 1.86 bits per heavy atom. The summed E-state index contributed by atoms with van der Waals surface area (Å²) in [5.74, 6) is -1.10. The number of nitrogens with zero attached hydrogens (tertiary/aromatic N) is 2. The molecule has 0 aliphatic heterocycles. The summed E-state index contributed by atoms with van der Waals surface area (Å²) in [6.45, 7) is 1.08. The van der Waals surface area contributed by atoms with Gasteiger partial charge in [0.25, 0.3) is 5.91 Å². The van der Waals surface area contributed by atoms with E-state index in [0.717, 1.165) is 25.0 Å². The smallest absolute Gasteiger partial charge is 0.416 e. The molecule has 0 heterocycles. The molecule has 122 valence electrons. The lowest BCUT2D eigenvalue weighted by Crippen LogP contribution is -2.35. The van der Waals surface area contributed by atoms with Crippen LogP contribution in [0.5, 0.6) is 5.75 Å². The average molecular weight is 316 g/mol. The summed E-state index contributed by atoms with van der Waals surface area (Å²) in [7, 11) is 3.51. The number of hydrogen-bond donors (Lipinski definition) is 1. The summed E-state index contributed by atoms with van der Waals surface area (Å²) in [4.78, 5) is 15.7. The first-order chi connectivity index (χ1) is 10.2. The van der Waals surface area contributed by atoms with Gasteiger partial charge in [-0.25, -0.2) is 0 Å². The number of hydrogen-bond acceptors (Lipinski definition) is 3. The lowest BCUT2D eigenvalue weighted by Gasteiger charge is -2.22. The van der Waals surface area contributed by atoms with Crippen molar-refractivity contribution in [3.8, 4) is 5.75 Å². The van der Waals surface area contributed by atoms with Crippen LogP contribution in [0.25, 0.3) is 0 Å². The Balaban J connectivity index is 2.05. The van der Waals surface area contributed by atoms with E-state index in [1.54, 1.807) is 7.05 Å². The number of carbonyl (C=O) groups is 1. The van der Waals surface area contributed by atoms with Gasteiger partial charge in [-0.05, 0) is 38.1 Å². The molecule has 0 spiro atoms. The Labute approximate surface area is 127 Å². The van der Waals surface area contributed by atoms with Crippen LogP contribution in [0.4, 0.5) is 13.2 Å². The van der Waals surface area contributed by atoms with Gasteiger partial charge < -0.3 is 14.9 Å². The third-order valence-electron chi connectivity index (χ3n) is 3.80. The summed E-state index contributed by atoms with van der Waals surface area (Å²) < 4.78 is 38.2. The molecule has 0 unspecified atom stereocenters. The maximum absolute atomic E-state index is 12.7. The number of aromatic hydroxyl groups is 1. The van der Waals surface area contributed by atoms with Gasteiger partial charge in [-0.1, -0.05) is 0 Å². The van der Waals surface area contributed by atoms with Crippen molar-refractivity contribution < 1.29 is 23.1 Å². The van der Waals surface area contributed by atoms with Gasteiger partial charge in [-0.3, -0.25) is 4.79 Å². The molecule has 1 N–H and O–H groups in total. The van der Waals surface area contributed by atoms with Crippen molar-refractivity contribution in [2.45, 2.75) is 25.1 Å². The molecule has 4 nitrogen and oxygen atoms in total. The zero-order valence-electron chi connectivity index (χ0n) is 12.5. The van der Waals surface area contributed by atoms with E-state index in [9.17, 15) is 23.1 Å². The van der Waals surface area contributed by atoms with Gasteiger partial charge in [-0.2, -0.15) is 13.2 Å². The third kappa shape index (κ3) is 4.13. The summed E-state index contributed by atoms with van der Waals surface area (Å²) >= 11 is 0. The highest BCUT2D eigenvalue weighted by Crippen LogP contribution is 2.32. The van der Waals surface area contributed by atoms with Gasteiger partial charge in [0.05, 0.1) is 5.56 Å². The van der Waals surface area contributed by atoms with Crippen molar-refractivity contribution in [2.24, 2.45) is 0 Å². The maximum atomic E-state index is 12.7. The minimum absolute atomic E-state index is 0.163. The van der Waals surface area contributed by atoms with Crippen LogP contribution in [-0.2, 0) is 6.18 Å². The van der Waals surface area contributed by atoms with Crippen LogP contribution in [0.2, 0.25) is 0 Å². The fourth-order valence-corrected chi connectivity index (χ4v) is 2.23. The number of halogens is 3. The largest absolute Gasteiger partial charge is 0.508 e. The second kappa shape index (κ2) is 6.16. The molecule has 0 radical (unpaired) electrons. The summed E-state index contributed by atoms with van der Waals surface area (Å²) in [5.41, 5.74) is -1.19. The van der Waals surface area contributed by atoms with E-state index in [4.69, 9.17) is 0 Å². The monoisotopic (exact) mass is 316 g/mol. The fraction of sp³-hybridized carbons (Fsp3) is 0.533. The summed E-state index contributed by atoms with van der Waals surface area (Å²) in [6, 6.07) is 2.99. The summed E-state index contributed by atoms with van der Waals surface area (Å²) in [5, 5.41) is 9.41. The van der Waals surface area contributed by atoms with Crippen LogP contribution in [0.3, 0.4) is 0 Å². The van der Waals surface area contributed by atoms with E-state index in [1.165, 1.54) is 4.90 Å². The highest BCUT2D eigenvalue weighted by atomic mass is 19.4. The molecule has 1 aliphatic carbocycles. The molecule has 7 heteroatoms. The highest BCUT2D eigenvalue weighted by molar-refractivity contribution is 5.94. The lowest BCUT2D eigenvalue weighted by atomic mass is 10.1. The van der Waals surface area contributed by atoms with Crippen LogP contribution in [0, 0.1) is 0 Å². The topological polar surface area (TPSA) is 43.8 Å². The van der Waals surface area contributed by atoms with Crippen molar-refractivity contribution in [1.29, 1.82) is 0 Å². The molecule has 0 atom stereocenters. The molecule has 1 amide bonds. The number of amides is 1. The number of benzene rings is 1. The second-order valence-electron chi connectivity index (χ2n) is 5.70. The molecular weight excluding hydrogens is 297 g/mol. The van der Waals surface area contributed by atoms with Crippen molar-refractivity contribution in [2.75, 3.05) is 27.2 Å². The van der Waals surface area contributed by atoms with Crippen LogP contribution in [0.1, 0.15) is 28.8 Å². The van der Waals surface area contributed by atoms with Gasteiger partial charge in [0.2, 0.25) is 0 Å². The van der Waals surface area contributed by atoms with E-state index in [0.29, 0.717) is 25.2 Å². The highest BCUT2D eigenvalue weighted by Gasteiger charge is 2.32. The average Bonchev–Trinajstić information content (AvgIpc) is 3.26. The molecule has 1 fully saturated rings. The SMILES string of the molecule is CN(CCN(C)C1CC1)C(=O)c1cc(O)cc(C(F)(F)F)c1. The molecule has 1 aliphatic rings. The van der Waals surface area contributed by atoms with E-state index in [2.05, 4.69) is 4.90 Å². The van der Waals surface area contributed by atoms with Crippen LogP contribution < -0.4 is 0 Å². The first-order valence-corrected chi connectivity index (χ1v) is 7.05. The maximum Gasteiger partial charge on any atom is 0.416 e. The number of rotatable bonds is 5. The Kier molecular flexibility index (Phi) is 4.65. The van der Waals surface area contributed by atoms with Gasteiger partial charge in [0.15, 0.2) is 0 Å². The third-order valence-corrected chi connectivity index (χ3v) is 3.80. The summed E-state index contributed by atoms with van der Waals surface area (Å²) in [6.07, 6.45) is -2.30. The molecular formula is C15H19F3N2O2. The van der Waals surface area contributed by atoms with Crippen LogP contribution in [-0.4, -0.2) is 54.0 Å². The van der Waals surface area contributed by atoms with Crippen molar-refractivity contribution >= 4 is 5.91 Å². The zero-order valence-corrected chi connectivity index (χ0v) is 12.5. The van der Waals surface area contributed by atoms with E-state index < -0.39 is 23.4 Å². The van der Waals surface area contributed by atoms with Crippen LogP contribution >= 0.6 is 0 Å². The molecule has 0 aromatic heterocycles. The zero-order chi connectivity index (χ0) is 16.5. The van der Waals surface area contributed by atoms with Gasteiger partial charge in [-0.15, -0.1) is 0 Å². The minimum atomic E-state index is -4.60. The first kappa shape index (κ1) is 16.6. The molecule has 1 aromatic rings.